The molecule has 0 radical (unpaired) electrons. The van der Waals surface area contributed by atoms with Crippen molar-refractivity contribution in [3.8, 4) is 6.19 Å². The van der Waals surface area contributed by atoms with Crippen LogP contribution in [0.4, 0.5) is 5.13 Å². The van der Waals surface area contributed by atoms with Crippen molar-refractivity contribution < 1.29 is 37.3 Å². The molecule has 3 rings (SSSR count). The van der Waals surface area contributed by atoms with Crippen molar-refractivity contribution in [2.75, 3.05) is 25.4 Å². The number of carbonyl (C=O) groups is 3. The lowest BCUT2D eigenvalue weighted by molar-refractivity contribution is -0.161. The van der Waals surface area contributed by atoms with E-state index in [9.17, 15) is 32.5 Å². The Morgan fingerprint density at radius 3 is 2.72 bits per heavy atom. The van der Waals surface area contributed by atoms with Crippen LogP contribution in [0, 0.1) is 17.4 Å². The molecule has 3 heterocycles. The van der Waals surface area contributed by atoms with E-state index in [-0.39, 0.29) is 27.6 Å². The van der Waals surface area contributed by atoms with E-state index in [0.717, 1.165) is 11.3 Å². The molecule has 0 saturated carbocycles. The third-order valence-corrected chi connectivity index (χ3v) is 6.99. The van der Waals surface area contributed by atoms with Crippen molar-refractivity contribution in [3.05, 3.63) is 11.1 Å². The summed E-state index contributed by atoms with van der Waals surface area (Å²) in [7, 11) is -4.94. The molecule has 1 amide bonds. The maximum absolute atomic E-state index is 13.2. The number of aliphatic carboxylic acids is 1. The van der Waals surface area contributed by atoms with E-state index in [2.05, 4.69) is 20.4 Å². The largest absolute Gasteiger partial charge is 0.478 e. The van der Waals surface area contributed by atoms with Crippen LogP contribution in [0.2, 0.25) is 0 Å². The van der Waals surface area contributed by atoms with Crippen molar-refractivity contribution in [3.63, 3.8) is 0 Å². The summed E-state index contributed by atoms with van der Waals surface area (Å²) < 4.78 is 33.4. The number of oxime groups is 1. The number of Topliss-reactive ketones (excluding diaryl/α,β-unsaturated/α-hetero) is 1. The Kier molecular flexibility index (Phi) is 7.47. The van der Waals surface area contributed by atoms with Crippen molar-refractivity contribution in [1.82, 2.24) is 19.5 Å². The third-order valence-electron chi connectivity index (χ3n) is 5.37. The zero-order valence-corrected chi connectivity index (χ0v) is 20.6. The van der Waals surface area contributed by atoms with Crippen molar-refractivity contribution in [2.45, 2.75) is 31.9 Å². The second kappa shape index (κ2) is 10.0. The number of carbonyl (C=O) groups excluding carboxylic acids is 2. The highest BCUT2D eigenvalue weighted by atomic mass is 32.2. The lowest BCUT2D eigenvalue weighted by Crippen LogP contribution is -2.67. The molecule has 194 valence electrons. The van der Waals surface area contributed by atoms with Crippen LogP contribution in [0.15, 0.2) is 15.5 Å². The number of aliphatic imine (C=N–C) groups is 1. The number of hydrogen-bond donors (Lipinski definition) is 4. The molecule has 0 aromatic carbocycles. The zero-order chi connectivity index (χ0) is 26.8. The minimum atomic E-state index is -4.94. The fraction of sp³-hybridized carbons (Fsp3) is 0.500. The summed E-state index contributed by atoms with van der Waals surface area (Å²) in [6, 6.07) is -1.17. The predicted molar refractivity (Wildman–Crippen MR) is 124 cm³/mol. The maximum Gasteiger partial charge on any atom is 0.362 e. The van der Waals surface area contributed by atoms with Crippen molar-refractivity contribution in [2.24, 2.45) is 16.1 Å². The van der Waals surface area contributed by atoms with Crippen LogP contribution in [0.5, 0.6) is 0 Å². The second-order valence-electron chi connectivity index (χ2n) is 8.22. The highest BCUT2D eigenvalue weighted by Crippen LogP contribution is 2.33. The normalized spacial score (nSPS) is 20.4. The molecular weight excluding hydrogens is 520 g/mol. The number of carboxylic acid groups (broad SMARTS) is 1. The number of nitrogens with two attached hydrogens (primary N) is 1. The van der Waals surface area contributed by atoms with Gasteiger partial charge in [0.2, 0.25) is 17.5 Å². The summed E-state index contributed by atoms with van der Waals surface area (Å²) in [5, 5.41) is 25.6. The highest BCUT2D eigenvalue weighted by Gasteiger charge is 2.54. The molecule has 0 unspecified atom stereocenters. The molecule has 0 aliphatic carbocycles. The number of thiazole rings is 1. The van der Waals surface area contributed by atoms with Gasteiger partial charge in [-0.05, 0) is 13.8 Å². The van der Waals surface area contributed by atoms with Crippen LogP contribution in [-0.2, 0) is 29.5 Å². The number of guanidine groups is 1. The SMILES string of the molecule is CC(C)(O/N=C(\C(=O)C[C@@H]1C(=O)N(S(=O)(=O)O)[C@@H]1CN1CCN=C1NC#N)c1csc(N)n1)C(=O)O. The van der Waals surface area contributed by atoms with Crippen LogP contribution in [-0.4, -0.2) is 92.9 Å². The Morgan fingerprint density at radius 2 is 2.17 bits per heavy atom. The number of carboxylic acids is 1. The third kappa shape index (κ3) is 5.53. The maximum atomic E-state index is 13.2. The van der Waals surface area contributed by atoms with E-state index < -0.39 is 57.7 Å². The number of aromatic nitrogens is 1. The van der Waals surface area contributed by atoms with Gasteiger partial charge in [-0.3, -0.25) is 24.5 Å². The standard InChI is InChI=1S/C18H22N8O8S2/c1-18(2,15(29)30)34-24-13(10-7-35-16(20)23-10)12(27)5-9-11(26(14(9)28)36(31,32)33)6-25-4-3-21-17(25)22-8-19/h7,9,11H,3-6H2,1-2H3,(H2,20,23)(H,21,22)(H,29,30)(H,31,32,33)/b24-13-/t9-,11+/m0/s1. The van der Waals surface area contributed by atoms with E-state index in [1.807, 2.05) is 0 Å². The molecule has 36 heavy (non-hydrogen) atoms. The number of nitrogen functional groups attached to an aromatic ring is 1. The predicted octanol–water partition coefficient (Wildman–Crippen LogP) is -1.36. The molecule has 5 N–H and O–H groups in total. The Bertz CT molecular complexity index is 1280. The van der Waals surface area contributed by atoms with Crippen LogP contribution in [0.1, 0.15) is 26.0 Å². The first-order chi connectivity index (χ1) is 16.8. The van der Waals surface area contributed by atoms with Gasteiger partial charge < -0.3 is 20.6 Å². The lowest BCUT2D eigenvalue weighted by atomic mass is 9.84. The number of rotatable bonds is 10. The number of β-lactam (4-membered cyclic amide) rings is 1. The van der Waals surface area contributed by atoms with E-state index in [1.54, 1.807) is 6.19 Å². The molecule has 1 fully saturated rings. The molecule has 1 aromatic heterocycles. The first kappa shape index (κ1) is 26.8. The summed E-state index contributed by atoms with van der Waals surface area (Å²) in [5.74, 6) is -4.22. The molecule has 2 aliphatic heterocycles. The van der Waals surface area contributed by atoms with Gasteiger partial charge in [-0.25, -0.2) is 14.1 Å². The molecule has 2 aliphatic rings. The Morgan fingerprint density at radius 1 is 1.47 bits per heavy atom. The summed E-state index contributed by atoms with van der Waals surface area (Å²) in [6.45, 7) is 2.86. The highest BCUT2D eigenvalue weighted by molar-refractivity contribution is 7.84. The average molecular weight is 543 g/mol. The molecule has 1 saturated heterocycles. The first-order valence-electron chi connectivity index (χ1n) is 10.3. The van der Waals surface area contributed by atoms with Crippen LogP contribution >= 0.6 is 11.3 Å². The van der Waals surface area contributed by atoms with Crippen molar-refractivity contribution in [1.29, 1.82) is 5.26 Å². The quantitative estimate of drug-likeness (QED) is 0.0667. The fourth-order valence-electron chi connectivity index (χ4n) is 3.47. The lowest BCUT2D eigenvalue weighted by Gasteiger charge is -2.45. The van der Waals surface area contributed by atoms with Gasteiger partial charge in [0, 0.05) is 24.9 Å². The number of nitrogens with zero attached hydrogens (tertiary/aromatic N) is 6. The number of nitrogens with one attached hydrogen (secondary N) is 1. The molecule has 0 spiro atoms. The summed E-state index contributed by atoms with van der Waals surface area (Å²) in [6.07, 6.45) is 1.14. The van der Waals surface area contributed by atoms with E-state index >= 15 is 0 Å². The smallest absolute Gasteiger partial charge is 0.362 e. The Balaban J connectivity index is 1.87. The monoisotopic (exact) mass is 542 g/mol. The molecule has 2 atom stereocenters. The number of ketones is 1. The minimum Gasteiger partial charge on any atom is -0.478 e. The summed E-state index contributed by atoms with van der Waals surface area (Å²) in [4.78, 5) is 51.7. The van der Waals surface area contributed by atoms with Crippen LogP contribution in [0.3, 0.4) is 0 Å². The minimum absolute atomic E-state index is 0.0224. The van der Waals surface area contributed by atoms with Gasteiger partial charge in [-0.15, -0.1) is 11.3 Å². The van der Waals surface area contributed by atoms with Crippen molar-refractivity contribution >= 4 is 56.1 Å². The molecular formula is C18H22N8O8S2. The molecule has 1 aromatic rings. The van der Waals surface area contributed by atoms with Crippen LogP contribution in [0.25, 0.3) is 0 Å². The van der Waals surface area contributed by atoms with E-state index in [0.29, 0.717) is 13.1 Å². The molecule has 0 bridgehead atoms. The topological polar surface area (TPSA) is 241 Å². The second-order valence-corrected chi connectivity index (χ2v) is 10.4. The first-order valence-corrected chi connectivity index (χ1v) is 12.5. The van der Waals surface area contributed by atoms with Gasteiger partial charge in [-0.2, -0.15) is 13.7 Å². The number of nitriles is 1. The Labute approximate surface area is 208 Å². The fourth-order valence-corrected chi connectivity index (χ4v) is 4.94. The summed E-state index contributed by atoms with van der Waals surface area (Å²) >= 11 is 0.980. The van der Waals surface area contributed by atoms with Gasteiger partial charge in [0.25, 0.3) is 0 Å². The molecule has 18 heteroatoms. The molecule has 16 nitrogen and oxygen atoms in total. The van der Waals surface area contributed by atoms with Gasteiger partial charge in [0.05, 0.1) is 18.5 Å². The average Bonchev–Trinajstić information content (AvgIpc) is 3.39. The zero-order valence-electron chi connectivity index (χ0n) is 19.0. The van der Waals surface area contributed by atoms with Gasteiger partial charge in [-0.1, -0.05) is 5.16 Å². The van der Waals surface area contributed by atoms with Gasteiger partial charge in [0.15, 0.2) is 22.8 Å². The number of hydrogen-bond acceptors (Lipinski definition) is 14. The Hall–Kier alpha value is -3.82. The number of anilines is 1. The van der Waals surface area contributed by atoms with E-state index in [4.69, 9.17) is 15.8 Å². The summed E-state index contributed by atoms with van der Waals surface area (Å²) in [5.41, 5.74) is 3.39. The van der Waals surface area contributed by atoms with Crippen LogP contribution < -0.4 is 11.1 Å². The van der Waals surface area contributed by atoms with Gasteiger partial charge in [0.1, 0.15) is 5.69 Å². The van der Waals surface area contributed by atoms with Gasteiger partial charge >= 0.3 is 16.3 Å². The van der Waals surface area contributed by atoms with E-state index in [1.165, 1.54) is 24.1 Å². The number of amides is 1.